The van der Waals surface area contributed by atoms with Crippen LogP contribution >= 0.6 is 0 Å². The minimum Gasteiger partial charge on any atom is -0.356 e. The molecule has 0 bridgehead atoms. The highest BCUT2D eigenvalue weighted by molar-refractivity contribution is 5.79. The lowest BCUT2D eigenvalue weighted by Crippen LogP contribution is -2.38. The molecule has 0 radical (unpaired) electrons. The SMILES string of the molecule is CN=C(NCc1noc(C(C)(C)C)n1)NCC(C)C. The van der Waals surface area contributed by atoms with Crippen LogP contribution in [-0.4, -0.2) is 29.7 Å². The lowest BCUT2D eigenvalue weighted by molar-refractivity contribution is 0.318. The Hall–Kier alpha value is -1.59. The van der Waals surface area contributed by atoms with Gasteiger partial charge in [-0.15, -0.1) is 0 Å². The highest BCUT2D eigenvalue weighted by atomic mass is 16.5. The molecule has 1 rings (SSSR count). The highest BCUT2D eigenvalue weighted by Gasteiger charge is 2.21. The summed E-state index contributed by atoms with van der Waals surface area (Å²) in [5, 5.41) is 10.3. The van der Waals surface area contributed by atoms with Gasteiger partial charge in [0.15, 0.2) is 11.8 Å². The molecule has 0 saturated heterocycles. The Morgan fingerprint density at radius 1 is 1.32 bits per heavy atom. The third kappa shape index (κ3) is 5.28. The quantitative estimate of drug-likeness (QED) is 0.641. The molecule has 1 aromatic rings. The van der Waals surface area contributed by atoms with E-state index in [1.54, 1.807) is 7.05 Å². The van der Waals surface area contributed by atoms with Crippen molar-refractivity contribution in [1.82, 2.24) is 20.8 Å². The number of aromatic nitrogens is 2. The van der Waals surface area contributed by atoms with Gasteiger partial charge in [0.1, 0.15) is 0 Å². The standard InChI is InChI=1S/C13H25N5O/c1-9(2)7-15-12(14-6)16-8-10-17-11(19-18-10)13(3,4)5/h9H,7-8H2,1-6H3,(H2,14,15,16). The summed E-state index contributed by atoms with van der Waals surface area (Å²) in [6.45, 7) is 11.8. The monoisotopic (exact) mass is 267 g/mol. The number of hydrogen-bond acceptors (Lipinski definition) is 4. The minimum atomic E-state index is -0.122. The molecule has 0 amide bonds. The zero-order valence-corrected chi connectivity index (χ0v) is 12.7. The molecule has 0 spiro atoms. The maximum atomic E-state index is 5.23. The lowest BCUT2D eigenvalue weighted by atomic mass is 9.97. The van der Waals surface area contributed by atoms with Crippen LogP contribution in [0.5, 0.6) is 0 Å². The van der Waals surface area contributed by atoms with E-state index in [4.69, 9.17) is 4.52 Å². The number of nitrogens with zero attached hydrogens (tertiary/aromatic N) is 3. The number of aliphatic imine (C=N–C) groups is 1. The first-order chi connectivity index (χ1) is 8.82. The van der Waals surface area contributed by atoms with E-state index in [0.717, 1.165) is 12.5 Å². The molecular formula is C13H25N5O. The van der Waals surface area contributed by atoms with Gasteiger partial charge in [0.05, 0.1) is 6.54 Å². The van der Waals surface area contributed by atoms with Crippen molar-refractivity contribution in [3.63, 3.8) is 0 Å². The maximum Gasteiger partial charge on any atom is 0.232 e. The van der Waals surface area contributed by atoms with Gasteiger partial charge in [-0.3, -0.25) is 4.99 Å². The normalized spacial score (nSPS) is 12.9. The minimum absolute atomic E-state index is 0.122. The summed E-state index contributed by atoms with van der Waals surface area (Å²) in [6, 6.07) is 0. The fraction of sp³-hybridized carbons (Fsp3) is 0.769. The van der Waals surface area contributed by atoms with E-state index >= 15 is 0 Å². The van der Waals surface area contributed by atoms with E-state index in [0.29, 0.717) is 24.2 Å². The van der Waals surface area contributed by atoms with Crippen LogP contribution in [0.25, 0.3) is 0 Å². The zero-order chi connectivity index (χ0) is 14.5. The molecule has 19 heavy (non-hydrogen) atoms. The van der Waals surface area contributed by atoms with Crippen LogP contribution in [0.15, 0.2) is 9.52 Å². The van der Waals surface area contributed by atoms with Crippen molar-refractivity contribution in [3.05, 3.63) is 11.7 Å². The molecule has 0 aliphatic heterocycles. The number of hydrogen-bond donors (Lipinski definition) is 2. The van der Waals surface area contributed by atoms with Crippen molar-refractivity contribution in [2.75, 3.05) is 13.6 Å². The van der Waals surface area contributed by atoms with Gasteiger partial charge >= 0.3 is 0 Å². The molecule has 108 valence electrons. The predicted molar refractivity (Wildman–Crippen MR) is 76.0 cm³/mol. The number of guanidine groups is 1. The second-order valence-electron chi connectivity index (χ2n) is 5.97. The smallest absolute Gasteiger partial charge is 0.232 e. The Morgan fingerprint density at radius 2 is 2.00 bits per heavy atom. The van der Waals surface area contributed by atoms with Crippen molar-refractivity contribution in [3.8, 4) is 0 Å². The highest BCUT2D eigenvalue weighted by Crippen LogP contribution is 2.19. The molecule has 0 aliphatic carbocycles. The Bertz CT molecular complexity index is 417. The summed E-state index contributed by atoms with van der Waals surface area (Å²) in [5.41, 5.74) is -0.122. The molecule has 0 aliphatic rings. The summed E-state index contributed by atoms with van der Waals surface area (Å²) in [5.74, 6) is 2.60. The largest absolute Gasteiger partial charge is 0.356 e. The fourth-order valence-electron chi connectivity index (χ4n) is 1.31. The topological polar surface area (TPSA) is 75.3 Å². The van der Waals surface area contributed by atoms with Crippen LogP contribution < -0.4 is 10.6 Å². The average Bonchev–Trinajstić information content (AvgIpc) is 2.77. The fourth-order valence-corrected chi connectivity index (χ4v) is 1.31. The van der Waals surface area contributed by atoms with Gasteiger partial charge in [-0.2, -0.15) is 4.98 Å². The molecule has 6 nitrogen and oxygen atoms in total. The van der Waals surface area contributed by atoms with Crippen molar-refractivity contribution in [2.45, 2.75) is 46.6 Å². The molecule has 2 N–H and O–H groups in total. The van der Waals surface area contributed by atoms with Gasteiger partial charge in [0.25, 0.3) is 0 Å². The predicted octanol–water partition coefficient (Wildman–Crippen LogP) is 1.69. The van der Waals surface area contributed by atoms with Crippen molar-refractivity contribution >= 4 is 5.96 Å². The van der Waals surface area contributed by atoms with Gasteiger partial charge < -0.3 is 15.2 Å². The summed E-state index contributed by atoms with van der Waals surface area (Å²) < 4.78 is 5.23. The molecule has 0 unspecified atom stereocenters. The number of nitrogens with one attached hydrogen (secondary N) is 2. The van der Waals surface area contributed by atoms with Crippen LogP contribution in [0.2, 0.25) is 0 Å². The van der Waals surface area contributed by atoms with Crippen LogP contribution in [0.3, 0.4) is 0 Å². The maximum absolute atomic E-state index is 5.23. The first-order valence-corrected chi connectivity index (χ1v) is 6.60. The average molecular weight is 267 g/mol. The number of rotatable bonds is 4. The van der Waals surface area contributed by atoms with E-state index in [2.05, 4.69) is 39.6 Å². The zero-order valence-electron chi connectivity index (χ0n) is 12.7. The van der Waals surface area contributed by atoms with Crippen molar-refractivity contribution < 1.29 is 4.52 Å². The first-order valence-electron chi connectivity index (χ1n) is 6.60. The van der Waals surface area contributed by atoms with Crippen LogP contribution in [0.4, 0.5) is 0 Å². The van der Waals surface area contributed by atoms with E-state index in [-0.39, 0.29) is 5.41 Å². The summed E-state index contributed by atoms with van der Waals surface area (Å²) >= 11 is 0. The van der Waals surface area contributed by atoms with Crippen LogP contribution in [0, 0.1) is 5.92 Å². The van der Waals surface area contributed by atoms with Gasteiger partial charge in [-0.25, -0.2) is 0 Å². The Kier molecular flexibility index (Phi) is 5.32. The first kappa shape index (κ1) is 15.5. The molecule has 0 atom stereocenters. The molecule has 1 heterocycles. The van der Waals surface area contributed by atoms with E-state index < -0.39 is 0 Å². The van der Waals surface area contributed by atoms with E-state index in [9.17, 15) is 0 Å². The Balaban J connectivity index is 2.49. The van der Waals surface area contributed by atoms with Crippen LogP contribution in [-0.2, 0) is 12.0 Å². The third-order valence-electron chi connectivity index (χ3n) is 2.42. The van der Waals surface area contributed by atoms with Crippen molar-refractivity contribution in [1.29, 1.82) is 0 Å². The van der Waals surface area contributed by atoms with Gasteiger partial charge in [0, 0.05) is 19.0 Å². The molecule has 0 aromatic carbocycles. The second-order valence-corrected chi connectivity index (χ2v) is 5.97. The molecule has 6 heteroatoms. The van der Waals surface area contributed by atoms with E-state index in [1.165, 1.54) is 0 Å². The van der Waals surface area contributed by atoms with Crippen molar-refractivity contribution in [2.24, 2.45) is 10.9 Å². The molecular weight excluding hydrogens is 242 g/mol. The molecule has 0 saturated carbocycles. The van der Waals surface area contributed by atoms with Gasteiger partial charge in [-0.1, -0.05) is 39.8 Å². The van der Waals surface area contributed by atoms with Gasteiger partial charge in [-0.05, 0) is 5.92 Å². The summed E-state index contributed by atoms with van der Waals surface area (Å²) in [7, 11) is 1.74. The summed E-state index contributed by atoms with van der Waals surface area (Å²) in [4.78, 5) is 8.50. The Labute approximate surface area is 115 Å². The third-order valence-corrected chi connectivity index (χ3v) is 2.42. The van der Waals surface area contributed by atoms with E-state index in [1.807, 2.05) is 20.8 Å². The lowest BCUT2D eigenvalue weighted by Gasteiger charge is -2.12. The Morgan fingerprint density at radius 3 is 2.47 bits per heavy atom. The molecule has 0 fully saturated rings. The second kappa shape index (κ2) is 6.54. The summed E-state index contributed by atoms with van der Waals surface area (Å²) in [6.07, 6.45) is 0. The molecule has 1 aromatic heterocycles. The van der Waals surface area contributed by atoms with Gasteiger partial charge in [0.2, 0.25) is 5.89 Å². The van der Waals surface area contributed by atoms with Crippen LogP contribution in [0.1, 0.15) is 46.3 Å².